The third kappa shape index (κ3) is 6.64. The Morgan fingerprint density at radius 3 is 2.44 bits per heavy atom. The van der Waals surface area contributed by atoms with E-state index in [2.05, 4.69) is 0 Å². The van der Waals surface area contributed by atoms with E-state index in [-0.39, 0.29) is 11.5 Å². The van der Waals surface area contributed by atoms with E-state index < -0.39 is 17.0 Å². The molecular formula is C22H29BF2. The van der Waals surface area contributed by atoms with Gasteiger partial charge in [0.15, 0.2) is 11.7 Å². The van der Waals surface area contributed by atoms with Crippen molar-refractivity contribution in [1.82, 2.24) is 0 Å². The normalized spacial score (nSPS) is 16.2. The molecule has 3 heteroatoms. The Morgan fingerprint density at radius 1 is 1.24 bits per heavy atom. The van der Waals surface area contributed by atoms with Crippen molar-refractivity contribution in [2.24, 2.45) is 5.92 Å². The lowest BCUT2D eigenvalue weighted by Gasteiger charge is -2.28. The van der Waals surface area contributed by atoms with Crippen molar-refractivity contribution in [3.63, 3.8) is 0 Å². The minimum absolute atomic E-state index is 0.151. The van der Waals surface area contributed by atoms with Crippen LogP contribution in [0.3, 0.4) is 0 Å². The molecule has 0 nitrogen and oxygen atoms in total. The fourth-order valence-electron chi connectivity index (χ4n) is 2.76. The van der Waals surface area contributed by atoms with Crippen LogP contribution >= 0.6 is 0 Å². The van der Waals surface area contributed by atoms with Gasteiger partial charge in [0.25, 0.3) is 0 Å². The molecule has 1 atom stereocenters. The average Bonchev–Trinajstić information content (AvgIpc) is 2.53. The van der Waals surface area contributed by atoms with E-state index in [0.717, 1.165) is 17.5 Å². The number of rotatable bonds is 8. The molecule has 0 aliphatic rings. The van der Waals surface area contributed by atoms with Gasteiger partial charge in [0.05, 0.1) is 7.85 Å². The summed E-state index contributed by atoms with van der Waals surface area (Å²) in [6.45, 7) is 9.59. The van der Waals surface area contributed by atoms with E-state index in [9.17, 15) is 8.78 Å². The van der Waals surface area contributed by atoms with Crippen LogP contribution in [0.5, 0.6) is 0 Å². The van der Waals surface area contributed by atoms with Gasteiger partial charge in [-0.3, -0.25) is 0 Å². The molecule has 0 saturated carbocycles. The Morgan fingerprint density at radius 2 is 1.88 bits per heavy atom. The van der Waals surface area contributed by atoms with Crippen molar-refractivity contribution in [2.45, 2.75) is 59.2 Å². The van der Waals surface area contributed by atoms with E-state index in [1.54, 1.807) is 19.1 Å². The fraction of sp³-hybridized carbons (Fsp3) is 0.455. The van der Waals surface area contributed by atoms with Crippen molar-refractivity contribution < 1.29 is 8.78 Å². The highest BCUT2D eigenvalue weighted by Gasteiger charge is 2.26. The van der Waals surface area contributed by atoms with Gasteiger partial charge in [-0.15, -0.1) is 0 Å². The van der Waals surface area contributed by atoms with Crippen LogP contribution in [-0.4, -0.2) is 7.85 Å². The zero-order valence-electron chi connectivity index (χ0n) is 16.1. The van der Waals surface area contributed by atoms with Gasteiger partial charge in [-0.2, -0.15) is 0 Å². The lowest BCUT2D eigenvalue weighted by molar-refractivity contribution is 0.523. The Labute approximate surface area is 153 Å². The smallest absolute Gasteiger partial charge is 0.161 e. The van der Waals surface area contributed by atoms with Gasteiger partial charge >= 0.3 is 0 Å². The van der Waals surface area contributed by atoms with E-state index in [4.69, 9.17) is 7.85 Å². The van der Waals surface area contributed by atoms with Crippen LogP contribution in [0.25, 0.3) is 0 Å². The van der Waals surface area contributed by atoms with Crippen molar-refractivity contribution in [1.29, 1.82) is 0 Å². The van der Waals surface area contributed by atoms with Gasteiger partial charge in [-0.1, -0.05) is 77.0 Å². The van der Waals surface area contributed by atoms with Gasteiger partial charge in [0.2, 0.25) is 0 Å². The summed E-state index contributed by atoms with van der Waals surface area (Å²) in [6.07, 6.45) is 6.47. The van der Waals surface area contributed by atoms with Gasteiger partial charge in [0.1, 0.15) is 0 Å². The molecule has 0 amide bonds. The van der Waals surface area contributed by atoms with Crippen molar-refractivity contribution >= 4 is 7.85 Å². The molecule has 0 saturated heterocycles. The lowest BCUT2D eigenvalue weighted by Crippen LogP contribution is -2.13. The quantitative estimate of drug-likeness (QED) is 0.353. The molecule has 0 fully saturated rings. The summed E-state index contributed by atoms with van der Waals surface area (Å²) >= 11 is 0. The van der Waals surface area contributed by atoms with E-state index in [1.165, 1.54) is 6.08 Å². The predicted molar refractivity (Wildman–Crippen MR) is 105 cm³/mol. The highest BCUT2D eigenvalue weighted by Crippen LogP contribution is 2.42. The fourth-order valence-corrected chi connectivity index (χ4v) is 2.76. The molecule has 0 bridgehead atoms. The van der Waals surface area contributed by atoms with Crippen LogP contribution in [-0.2, 0) is 6.42 Å². The number of hydrogen-bond donors (Lipinski definition) is 0. The van der Waals surface area contributed by atoms with Crippen LogP contribution in [0.2, 0.25) is 5.31 Å². The topological polar surface area (TPSA) is 0 Å². The second-order valence-electron chi connectivity index (χ2n) is 7.18. The van der Waals surface area contributed by atoms with Crippen LogP contribution in [0.15, 0.2) is 59.7 Å². The molecule has 0 aliphatic carbocycles. The number of benzene rings is 1. The number of allylic oxidation sites excluding steroid dienone is 6. The molecule has 1 unspecified atom stereocenters. The second-order valence-corrected chi connectivity index (χ2v) is 7.18. The largest absolute Gasteiger partial charge is 0.204 e. The van der Waals surface area contributed by atoms with Crippen LogP contribution < -0.4 is 0 Å². The Hall–Kier alpha value is -1.64. The molecule has 1 rings (SSSR count). The molecule has 1 aromatic rings. The van der Waals surface area contributed by atoms with Gasteiger partial charge in [-0.25, -0.2) is 8.78 Å². The standard InChI is InChI=1S/C22H29BF2/c1-6-15-22(5,23)19(21(25)20(24)14-11-16(2)3)13-12-18-10-8-7-9-17(18)4/h7-11,13-14,16H,6,12,15H2,1-5H3/b14-11-,19-13-,21-20-. The minimum Gasteiger partial charge on any atom is -0.204 e. The maximum atomic E-state index is 14.8. The van der Waals surface area contributed by atoms with Gasteiger partial charge in [0, 0.05) is 0 Å². The molecule has 134 valence electrons. The summed E-state index contributed by atoms with van der Waals surface area (Å²) in [7, 11) is 6.34. The minimum atomic E-state index is -0.912. The Kier molecular flexibility index (Phi) is 8.35. The van der Waals surface area contributed by atoms with Gasteiger partial charge in [-0.05, 0) is 47.4 Å². The zero-order valence-corrected chi connectivity index (χ0v) is 16.1. The first-order chi connectivity index (χ1) is 11.7. The third-order valence-corrected chi connectivity index (χ3v) is 4.25. The highest BCUT2D eigenvalue weighted by atomic mass is 19.2. The Bertz CT molecular complexity index is 652. The van der Waals surface area contributed by atoms with Gasteiger partial charge < -0.3 is 0 Å². The molecule has 0 spiro atoms. The van der Waals surface area contributed by atoms with Crippen LogP contribution in [0.1, 0.15) is 51.7 Å². The maximum Gasteiger partial charge on any atom is 0.161 e. The second kappa shape index (κ2) is 9.75. The van der Waals surface area contributed by atoms with E-state index in [1.807, 2.05) is 52.0 Å². The van der Waals surface area contributed by atoms with Crippen molar-refractivity contribution in [3.8, 4) is 0 Å². The third-order valence-electron chi connectivity index (χ3n) is 4.25. The number of aryl methyl sites for hydroxylation is 1. The summed E-state index contributed by atoms with van der Waals surface area (Å²) in [5, 5.41) is -0.912. The van der Waals surface area contributed by atoms with Crippen LogP contribution in [0, 0.1) is 12.8 Å². The first-order valence-electron chi connectivity index (χ1n) is 8.97. The average molecular weight is 342 g/mol. The highest BCUT2D eigenvalue weighted by molar-refractivity contribution is 6.17. The summed E-state index contributed by atoms with van der Waals surface area (Å²) in [4.78, 5) is 0. The Balaban J connectivity index is 3.27. The molecule has 0 aliphatic heterocycles. The molecule has 0 N–H and O–H groups in total. The number of halogens is 2. The number of hydrogen-bond acceptors (Lipinski definition) is 0. The monoisotopic (exact) mass is 342 g/mol. The molecule has 1 aromatic carbocycles. The van der Waals surface area contributed by atoms with E-state index >= 15 is 0 Å². The lowest BCUT2D eigenvalue weighted by atomic mass is 9.62. The molecule has 25 heavy (non-hydrogen) atoms. The summed E-state index contributed by atoms with van der Waals surface area (Å²) < 4.78 is 29.1. The summed E-state index contributed by atoms with van der Waals surface area (Å²) in [5.41, 5.74) is 2.44. The predicted octanol–water partition coefficient (Wildman–Crippen LogP) is 6.97. The first-order valence-corrected chi connectivity index (χ1v) is 8.97. The summed E-state index contributed by atoms with van der Waals surface area (Å²) in [5.74, 6) is -1.57. The first kappa shape index (κ1) is 21.4. The summed E-state index contributed by atoms with van der Waals surface area (Å²) in [6, 6.07) is 7.91. The molecule has 2 radical (unpaired) electrons. The van der Waals surface area contributed by atoms with E-state index in [0.29, 0.717) is 12.8 Å². The van der Waals surface area contributed by atoms with Crippen molar-refractivity contribution in [3.05, 3.63) is 70.8 Å². The zero-order chi connectivity index (χ0) is 19.0. The molecule has 0 heterocycles. The maximum absolute atomic E-state index is 14.8. The molecule has 0 aromatic heterocycles. The van der Waals surface area contributed by atoms with Crippen LogP contribution in [0.4, 0.5) is 8.78 Å². The SMILES string of the molecule is [B]C(C)(CCC)C(=C\Cc1ccccc1C)/C(F)=C(F)\C=C/C(C)C. The molecular weight excluding hydrogens is 313 g/mol. The van der Waals surface area contributed by atoms with Crippen molar-refractivity contribution in [2.75, 3.05) is 0 Å².